The van der Waals surface area contributed by atoms with Crippen LogP contribution in [0.4, 0.5) is 5.69 Å². The van der Waals surface area contributed by atoms with Crippen LogP contribution in [0.25, 0.3) is 0 Å². The van der Waals surface area contributed by atoms with Gasteiger partial charge >= 0.3 is 0 Å². The monoisotopic (exact) mass is 235 g/mol. The number of benzene rings is 1. The van der Waals surface area contributed by atoms with E-state index in [4.69, 9.17) is 5.73 Å². The van der Waals surface area contributed by atoms with Gasteiger partial charge in [-0.3, -0.25) is 0 Å². The lowest BCUT2D eigenvalue weighted by molar-refractivity contribution is 0.609. The van der Waals surface area contributed by atoms with Gasteiger partial charge in [0.15, 0.2) is 5.82 Å². The summed E-state index contributed by atoms with van der Waals surface area (Å²) in [7, 11) is 0. The van der Waals surface area contributed by atoms with Crippen LogP contribution >= 0.6 is 11.8 Å². The molecular formula is C10H13N5S. The Morgan fingerprint density at radius 3 is 2.75 bits per heavy atom. The molecule has 0 fully saturated rings. The maximum atomic E-state index is 5.62. The molecule has 0 unspecified atom stereocenters. The van der Waals surface area contributed by atoms with E-state index in [9.17, 15) is 0 Å². The van der Waals surface area contributed by atoms with E-state index < -0.39 is 0 Å². The Labute approximate surface area is 98.0 Å². The number of nitrogens with two attached hydrogens (primary N) is 1. The molecule has 16 heavy (non-hydrogen) atoms. The summed E-state index contributed by atoms with van der Waals surface area (Å²) in [4.78, 5) is 1.17. The number of hydrogen-bond donors (Lipinski definition) is 1. The molecule has 6 heteroatoms. The zero-order valence-electron chi connectivity index (χ0n) is 9.00. The van der Waals surface area contributed by atoms with E-state index >= 15 is 0 Å². The predicted octanol–water partition coefficient (Wildman–Crippen LogP) is 1.57. The van der Waals surface area contributed by atoms with Crippen LogP contribution in [0.2, 0.25) is 0 Å². The number of nitrogens with zero attached hydrogens (tertiary/aromatic N) is 4. The predicted molar refractivity (Wildman–Crippen MR) is 63.9 cm³/mol. The van der Waals surface area contributed by atoms with Gasteiger partial charge in [0.2, 0.25) is 0 Å². The van der Waals surface area contributed by atoms with E-state index in [1.165, 1.54) is 4.90 Å². The van der Waals surface area contributed by atoms with Crippen molar-refractivity contribution >= 4 is 17.4 Å². The lowest BCUT2D eigenvalue weighted by Gasteiger charge is -2.02. The lowest BCUT2D eigenvalue weighted by Crippen LogP contribution is -2.02. The van der Waals surface area contributed by atoms with Crippen molar-refractivity contribution in [2.45, 2.75) is 24.1 Å². The first-order valence-corrected chi connectivity index (χ1v) is 6.01. The summed E-state index contributed by atoms with van der Waals surface area (Å²) in [6, 6.07) is 7.79. The molecule has 84 valence electrons. The summed E-state index contributed by atoms with van der Waals surface area (Å²) in [5.74, 6) is 1.66. The summed E-state index contributed by atoms with van der Waals surface area (Å²) < 4.78 is 1.80. The highest BCUT2D eigenvalue weighted by atomic mass is 32.2. The first kappa shape index (κ1) is 10.9. The van der Waals surface area contributed by atoms with Gasteiger partial charge in [-0.1, -0.05) is 0 Å². The third kappa shape index (κ3) is 2.52. The van der Waals surface area contributed by atoms with Crippen molar-refractivity contribution < 1.29 is 0 Å². The van der Waals surface area contributed by atoms with Crippen molar-refractivity contribution in [1.82, 2.24) is 20.2 Å². The number of anilines is 1. The second-order valence-corrected chi connectivity index (χ2v) is 4.32. The SMILES string of the molecule is CCn1nnnc1CSc1ccc(N)cc1. The van der Waals surface area contributed by atoms with Gasteiger partial charge < -0.3 is 5.73 Å². The maximum Gasteiger partial charge on any atom is 0.161 e. The summed E-state index contributed by atoms with van der Waals surface area (Å²) in [5, 5.41) is 11.5. The Hall–Kier alpha value is -1.56. The molecule has 0 radical (unpaired) electrons. The molecule has 2 aromatic rings. The minimum absolute atomic E-state index is 0.769. The fourth-order valence-electron chi connectivity index (χ4n) is 1.28. The summed E-state index contributed by atoms with van der Waals surface area (Å²) in [5.41, 5.74) is 6.40. The molecule has 0 saturated heterocycles. The first-order valence-electron chi connectivity index (χ1n) is 5.03. The lowest BCUT2D eigenvalue weighted by atomic mass is 10.3. The molecule has 0 spiro atoms. The van der Waals surface area contributed by atoms with E-state index in [2.05, 4.69) is 15.5 Å². The van der Waals surface area contributed by atoms with Crippen LogP contribution in [0, 0.1) is 0 Å². The van der Waals surface area contributed by atoms with Gasteiger partial charge in [-0.15, -0.1) is 16.9 Å². The molecule has 0 aliphatic heterocycles. The van der Waals surface area contributed by atoms with Gasteiger partial charge in [-0.25, -0.2) is 4.68 Å². The third-order valence-corrected chi connectivity index (χ3v) is 3.16. The highest BCUT2D eigenvalue weighted by Crippen LogP contribution is 2.22. The van der Waals surface area contributed by atoms with Gasteiger partial charge in [-0.05, 0) is 41.6 Å². The van der Waals surface area contributed by atoms with Gasteiger partial charge in [0, 0.05) is 17.1 Å². The van der Waals surface area contributed by atoms with E-state index in [-0.39, 0.29) is 0 Å². The van der Waals surface area contributed by atoms with E-state index in [1.54, 1.807) is 16.4 Å². The molecule has 2 rings (SSSR count). The van der Waals surface area contributed by atoms with E-state index in [1.807, 2.05) is 31.2 Å². The van der Waals surface area contributed by atoms with Crippen molar-refractivity contribution in [3.8, 4) is 0 Å². The Bertz CT molecular complexity index is 450. The average Bonchev–Trinajstić information content (AvgIpc) is 2.76. The molecule has 0 amide bonds. The van der Waals surface area contributed by atoms with Crippen molar-refractivity contribution in [1.29, 1.82) is 0 Å². The number of aromatic nitrogens is 4. The standard InChI is InChI=1S/C10H13N5S/c1-2-15-10(12-13-14-15)7-16-9-5-3-8(11)4-6-9/h3-6H,2,7,11H2,1H3. The molecule has 1 aromatic heterocycles. The van der Waals surface area contributed by atoms with Crippen molar-refractivity contribution in [3.05, 3.63) is 30.1 Å². The van der Waals surface area contributed by atoms with Crippen LogP contribution in [0.5, 0.6) is 0 Å². The molecule has 0 aliphatic carbocycles. The fourth-order valence-corrected chi connectivity index (χ4v) is 2.12. The molecule has 0 bridgehead atoms. The average molecular weight is 235 g/mol. The number of tetrazole rings is 1. The van der Waals surface area contributed by atoms with Crippen LogP contribution in [-0.4, -0.2) is 20.2 Å². The number of thioether (sulfide) groups is 1. The minimum atomic E-state index is 0.769. The zero-order chi connectivity index (χ0) is 11.4. The van der Waals surface area contributed by atoms with Gasteiger partial charge in [-0.2, -0.15) is 0 Å². The highest BCUT2D eigenvalue weighted by Gasteiger charge is 2.04. The van der Waals surface area contributed by atoms with Crippen molar-refractivity contribution in [2.75, 3.05) is 5.73 Å². The normalized spacial score (nSPS) is 10.6. The quantitative estimate of drug-likeness (QED) is 0.643. The van der Waals surface area contributed by atoms with Crippen molar-refractivity contribution in [2.24, 2.45) is 0 Å². The second kappa shape index (κ2) is 4.98. The van der Waals surface area contributed by atoms with Crippen LogP contribution in [0.1, 0.15) is 12.7 Å². The number of rotatable bonds is 4. The molecule has 0 saturated carbocycles. The minimum Gasteiger partial charge on any atom is -0.399 e. The third-order valence-electron chi connectivity index (χ3n) is 2.15. The molecule has 0 aliphatic rings. The van der Waals surface area contributed by atoms with E-state index in [0.717, 1.165) is 23.8 Å². The van der Waals surface area contributed by atoms with Crippen LogP contribution < -0.4 is 5.73 Å². The number of nitrogen functional groups attached to an aromatic ring is 1. The summed E-state index contributed by atoms with van der Waals surface area (Å²) >= 11 is 1.70. The maximum absolute atomic E-state index is 5.62. The Morgan fingerprint density at radius 2 is 2.06 bits per heavy atom. The number of hydrogen-bond acceptors (Lipinski definition) is 5. The fraction of sp³-hybridized carbons (Fsp3) is 0.300. The Balaban J connectivity index is 1.99. The van der Waals surface area contributed by atoms with Gasteiger partial charge in [0.05, 0.1) is 5.75 Å². The number of aryl methyl sites for hydroxylation is 1. The zero-order valence-corrected chi connectivity index (χ0v) is 9.81. The van der Waals surface area contributed by atoms with E-state index in [0.29, 0.717) is 0 Å². The molecular weight excluding hydrogens is 222 g/mol. The van der Waals surface area contributed by atoms with Crippen LogP contribution in [0.15, 0.2) is 29.2 Å². The smallest absolute Gasteiger partial charge is 0.161 e. The first-order chi connectivity index (χ1) is 7.79. The molecule has 1 aromatic carbocycles. The Kier molecular flexibility index (Phi) is 3.40. The largest absolute Gasteiger partial charge is 0.399 e. The molecule has 2 N–H and O–H groups in total. The summed E-state index contributed by atoms with van der Waals surface area (Å²) in [6.07, 6.45) is 0. The molecule has 1 heterocycles. The molecule has 5 nitrogen and oxygen atoms in total. The van der Waals surface area contributed by atoms with Crippen LogP contribution in [0.3, 0.4) is 0 Å². The Morgan fingerprint density at radius 1 is 1.31 bits per heavy atom. The molecule has 0 atom stereocenters. The van der Waals surface area contributed by atoms with Gasteiger partial charge in [0.1, 0.15) is 0 Å². The van der Waals surface area contributed by atoms with Crippen LogP contribution in [-0.2, 0) is 12.3 Å². The highest BCUT2D eigenvalue weighted by molar-refractivity contribution is 7.98. The second-order valence-electron chi connectivity index (χ2n) is 3.27. The summed E-state index contributed by atoms with van der Waals surface area (Å²) in [6.45, 7) is 2.82. The topological polar surface area (TPSA) is 69.6 Å². The van der Waals surface area contributed by atoms with Crippen molar-refractivity contribution in [3.63, 3.8) is 0 Å². The van der Waals surface area contributed by atoms with Gasteiger partial charge in [0.25, 0.3) is 0 Å².